The van der Waals surface area contributed by atoms with Gasteiger partial charge in [0.2, 0.25) is 0 Å². The molecular formula is C27H34BrNO. The van der Waals surface area contributed by atoms with Gasteiger partial charge in [-0.05, 0) is 86.0 Å². The highest BCUT2D eigenvalue weighted by Crippen LogP contribution is 2.66. The van der Waals surface area contributed by atoms with Crippen molar-refractivity contribution in [2.75, 3.05) is 0 Å². The molecule has 0 aromatic heterocycles. The highest BCUT2D eigenvalue weighted by Gasteiger charge is 2.59. The molecule has 6 rings (SSSR count). The molecule has 2 unspecified atom stereocenters. The fraction of sp³-hybridized carbons (Fsp3) is 0.556. The molecule has 0 aliphatic heterocycles. The van der Waals surface area contributed by atoms with Crippen molar-refractivity contribution >= 4 is 15.9 Å². The largest absolute Gasteiger partial charge is 0.489 e. The molecule has 2 nitrogen and oxygen atoms in total. The van der Waals surface area contributed by atoms with E-state index in [9.17, 15) is 0 Å². The van der Waals surface area contributed by atoms with Gasteiger partial charge < -0.3 is 10.1 Å². The van der Waals surface area contributed by atoms with Gasteiger partial charge in [0, 0.05) is 22.1 Å². The van der Waals surface area contributed by atoms with Gasteiger partial charge in [0.15, 0.2) is 0 Å². The minimum absolute atomic E-state index is 0.305. The van der Waals surface area contributed by atoms with Crippen LogP contribution in [0.1, 0.15) is 69.1 Å². The molecule has 160 valence electrons. The topological polar surface area (TPSA) is 21.3 Å². The van der Waals surface area contributed by atoms with Crippen LogP contribution in [-0.4, -0.2) is 5.54 Å². The van der Waals surface area contributed by atoms with E-state index in [4.69, 9.17) is 4.74 Å². The lowest BCUT2D eigenvalue weighted by Gasteiger charge is -2.65. The van der Waals surface area contributed by atoms with Crippen LogP contribution in [0.5, 0.6) is 5.75 Å². The first-order chi connectivity index (χ1) is 14.2. The van der Waals surface area contributed by atoms with Gasteiger partial charge in [-0.1, -0.05) is 59.6 Å². The Morgan fingerprint density at radius 3 is 2.33 bits per heavy atom. The second-order valence-corrected chi connectivity index (χ2v) is 12.2. The number of hydrogen-bond donors (Lipinski definition) is 1. The van der Waals surface area contributed by atoms with Crippen molar-refractivity contribution in [3.8, 4) is 5.75 Å². The summed E-state index contributed by atoms with van der Waals surface area (Å²) in [5.41, 5.74) is 5.11. The monoisotopic (exact) mass is 467 g/mol. The number of hydrogen-bond acceptors (Lipinski definition) is 2. The van der Waals surface area contributed by atoms with Crippen molar-refractivity contribution in [2.45, 2.75) is 78.0 Å². The number of halogens is 1. The number of rotatable bonds is 6. The van der Waals surface area contributed by atoms with E-state index in [2.05, 4.69) is 84.5 Å². The summed E-state index contributed by atoms with van der Waals surface area (Å²) in [4.78, 5) is 0. The molecule has 0 saturated heterocycles. The van der Waals surface area contributed by atoms with Crippen molar-refractivity contribution in [2.24, 2.45) is 16.7 Å². The molecule has 3 heteroatoms. The predicted octanol–water partition coefficient (Wildman–Crippen LogP) is 7.18. The van der Waals surface area contributed by atoms with Gasteiger partial charge in [-0.2, -0.15) is 0 Å². The first-order valence-corrected chi connectivity index (χ1v) is 12.3. The smallest absolute Gasteiger partial charge is 0.124 e. The Morgan fingerprint density at radius 1 is 0.967 bits per heavy atom. The first-order valence-electron chi connectivity index (χ1n) is 11.5. The van der Waals surface area contributed by atoms with Crippen LogP contribution < -0.4 is 10.1 Å². The van der Waals surface area contributed by atoms with E-state index in [1.165, 1.54) is 55.2 Å². The summed E-state index contributed by atoms with van der Waals surface area (Å²) in [5.74, 6) is 1.90. The summed E-state index contributed by atoms with van der Waals surface area (Å²) >= 11 is 3.67. The maximum Gasteiger partial charge on any atom is 0.124 e. The second kappa shape index (κ2) is 7.38. The van der Waals surface area contributed by atoms with E-state index in [1.54, 1.807) is 0 Å². The van der Waals surface area contributed by atoms with Crippen LogP contribution in [-0.2, 0) is 13.2 Å². The Bertz CT molecular complexity index is 918. The fourth-order valence-electron chi connectivity index (χ4n) is 7.60. The molecule has 4 bridgehead atoms. The van der Waals surface area contributed by atoms with Crippen molar-refractivity contribution < 1.29 is 4.74 Å². The molecule has 30 heavy (non-hydrogen) atoms. The van der Waals surface area contributed by atoms with Gasteiger partial charge in [0.05, 0.1) is 0 Å². The van der Waals surface area contributed by atoms with Gasteiger partial charge in [-0.25, -0.2) is 0 Å². The van der Waals surface area contributed by atoms with Gasteiger partial charge in [-0.15, -0.1) is 0 Å². The summed E-state index contributed by atoms with van der Waals surface area (Å²) < 4.78 is 7.39. The molecule has 1 N–H and O–H groups in total. The van der Waals surface area contributed by atoms with Crippen molar-refractivity contribution in [1.29, 1.82) is 0 Å². The lowest BCUT2D eigenvalue weighted by Crippen LogP contribution is -2.63. The standard InChI is InChI=1S/C27H34BrNO/c1-19-4-6-20(7-5-19)15-30-24-9-8-23(28)10-22(24)14-29-27-13-21-11-25(2,17-27)16-26(3,12-21)18-27/h4-10,21,29H,11-18H2,1-3H3. The summed E-state index contributed by atoms with van der Waals surface area (Å²) in [6, 6.07) is 15.0. The number of benzene rings is 2. The van der Waals surface area contributed by atoms with E-state index in [0.29, 0.717) is 23.0 Å². The van der Waals surface area contributed by atoms with Crippen LogP contribution in [0.4, 0.5) is 0 Å². The third kappa shape index (κ3) is 4.08. The number of ether oxygens (including phenoxy) is 1. The molecule has 2 atom stereocenters. The zero-order valence-corrected chi connectivity index (χ0v) is 20.1. The molecule has 4 aliphatic carbocycles. The van der Waals surface area contributed by atoms with Crippen molar-refractivity contribution in [1.82, 2.24) is 5.32 Å². The van der Waals surface area contributed by atoms with Gasteiger partial charge in [0.1, 0.15) is 12.4 Å². The molecule has 0 spiro atoms. The first kappa shape index (κ1) is 20.6. The van der Waals surface area contributed by atoms with E-state index < -0.39 is 0 Å². The lowest BCUT2D eigenvalue weighted by atomic mass is 9.43. The number of nitrogens with one attached hydrogen (secondary N) is 1. The Hall–Kier alpha value is -1.32. The molecule has 4 saturated carbocycles. The van der Waals surface area contributed by atoms with E-state index in [1.807, 2.05) is 0 Å². The SMILES string of the molecule is Cc1ccc(COc2ccc(Br)cc2CNC23CC4CC(C)(CC(C)(C4)C2)C3)cc1. The van der Waals surface area contributed by atoms with Gasteiger partial charge in [-0.3, -0.25) is 0 Å². The Kier molecular flexibility index (Phi) is 5.06. The molecule has 0 heterocycles. The normalized spacial score (nSPS) is 34.3. The van der Waals surface area contributed by atoms with E-state index >= 15 is 0 Å². The van der Waals surface area contributed by atoms with Crippen molar-refractivity contribution in [3.05, 3.63) is 63.6 Å². The third-order valence-electron chi connectivity index (χ3n) is 7.82. The quantitative estimate of drug-likeness (QED) is 0.485. The zero-order chi connectivity index (χ0) is 21.0. The zero-order valence-electron chi connectivity index (χ0n) is 18.6. The fourth-order valence-corrected chi connectivity index (χ4v) is 8.01. The van der Waals surface area contributed by atoms with Gasteiger partial charge >= 0.3 is 0 Å². The van der Waals surface area contributed by atoms with E-state index in [0.717, 1.165) is 22.7 Å². The molecular weight excluding hydrogens is 434 g/mol. The minimum atomic E-state index is 0.305. The van der Waals surface area contributed by atoms with Gasteiger partial charge in [0.25, 0.3) is 0 Å². The lowest BCUT2D eigenvalue weighted by molar-refractivity contribution is -0.118. The summed E-state index contributed by atoms with van der Waals surface area (Å²) in [6.07, 6.45) is 8.31. The summed E-state index contributed by atoms with van der Waals surface area (Å²) in [7, 11) is 0. The molecule has 0 radical (unpaired) electrons. The molecule has 2 aromatic rings. The average Bonchev–Trinajstić information content (AvgIpc) is 2.64. The van der Waals surface area contributed by atoms with Crippen LogP contribution >= 0.6 is 15.9 Å². The third-order valence-corrected chi connectivity index (χ3v) is 8.31. The molecule has 4 aliphatic rings. The predicted molar refractivity (Wildman–Crippen MR) is 127 cm³/mol. The average molecular weight is 468 g/mol. The van der Waals surface area contributed by atoms with Crippen molar-refractivity contribution in [3.63, 3.8) is 0 Å². The minimum Gasteiger partial charge on any atom is -0.489 e. The Morgan fingerprint density at radius 2 is 1.67 bits per heavy atom. The highest BCUT2D eigenvalue weighted by atomic mass is 79.9. The van der Waals surface area contributed by atoms with Crippen LogP contribution in [0, 0.1) is 23.7 Å². The maximum absolute atomic E-state index is 6.27. The second-order valence-electron chi connectivity index (χ2n) is 11.3. The van der Waals surface area contributed by atoms with Crippen LogP contribution in [0.3, 0.4) is 0 Å². The van der Waals surface area contributed by atoms with E-state index in [-0.39, 0.29) is 0 Å². The van der Waals surface area contributed by atoms with Crippen LogP contribution in [0.2, 0.25) is 0 Å². The molecule has 0 amide bonds. The summed E-state index contributed by atoms with van der Waals surface area (Å²) in [6.45, 7) is 8.69. The Balaban J connectivity index is 1.31. The Labute approximate surface area is 189 Å². The number of aryl methyl sites for hydroxylation is 1. The maximum atomic E-state index is 6.27. The molecule has 2 aromatic carbocycles. The van der Waals surface area contributed by atoms with Crippen LogP contribution in [0.15, 0.2) is 46.9 Å². The van der Waals surface area contributed by atoms with Crippen LogP contribution in [0.25, 0.3) is 0 Å². The highest BCUT2D eigenvalue weighted by molar-refractivity contribution is 9.10. The summed E-state index contributed by atoms with van der Waals surface area (Å²) in [5, 5.41) is 4.07. The molecule has 4 fully saturated rings.